The molecule has 1 aromatic carbocycles. The molecule has 27 heavy (non-hydrogen) atoms. The number of sulfonamides is 1. The molecule has 2 atom stereocenters. The molecule has 0 fully saturated rings. The first-order valence-corrected chi connectivity index (χ1v) is 10.4. The van der Waals surface area contributed by atoms with E-state index in [0.29, 0.717) is 16.6 Å². The molecule has 0 spiro atoms. The largest absolute Gasteiger partial charge is 0.368 e. The number of aliphatic hydroxyl groups is 1. The van der Waals surface area contributed by atoms with E-state index in [1.807, 2.05) is 6.07 Å². The molecule has 9 heteroatoms. The maximum Gasteiger partial charge on any atom is 0.272 e. The first-order valence-electron chi connectivity index (χ1n) is 8.85. The molecule has 0 radical (unpaired) electrons. The van der Waals surface area contributed by atoms with Gasteiger partial charge in [-0.2, -0.15) is 0 Å². The first-order chi connectivity index (χ1) is 12.5. The second-order valence-electron chi connectivity index (χ2n) is 6.63. The zero-order valence-electron chi connectivity index (χ0n) is 16.7. The third kappa shape index (κ3) is 6.25. The molecule has 154 valence electrons. The molecule has 0 aliphatic heterocycles. The number of benzene rings is 1. The average molecular weight is 403 g/mol. The molecule has 1 aromatic rings. The summed E-state index contributed by atoms with van der Waals surface area (Å²) in [5.41, 5.74) is -0.331. The number of amides is 1. The Bertz CT molecular complexity index is 715. The van der Waals surface area contributed by atoms with E-state index in [1.165, 1.54) is 0 Å². The minimum atomic E-state index is -4.48. The fourth-order valence-electron chi connectivity index (χ4n) is 2.25. The predicted molar refractivity (Wildman–Crippen MR) is 103 cm³/mol. The van der Waals surface area contributed by atoms with Gasteiger partial charge in [-0.05, 0) is 52.2 Å². The van der Waals surface area contributed by atoms with Crippen LogP contribution in [0.25, 0.3) is 0 Å². The second kappa shape index (κ2) is 10.1. The summed E-state index contributed by atoms with van der Waals surface area (Å²) < 4.78 is 31.3. The van der Waals surface area contributed by atoms with Gasteiger partial charge in [0.05, 0.1) is 6.10 Å². The number of ether oxygens (including phenoxy) is 1. The van der Waals surface area contributed by atoms with Crippen molar-refractivity contribution in [2.45, 2.75) is 65.5 Å². The zero-order valence-corrected chi connectivity index (χ0v) is 17.5. The lowest BCUT2D eigenvalue weighted by atomic mass is 10.1. The molecule has 1 amide bonds. The van der Waals surface area contributed by atoms with Gasteiger partial charge in [-0.25, -0.2) is 8.42 Å². The number of aliphatic hydroxyl groups excluding tert-OH is 1. The SMILES string of the molecule is CCC(C)N(OCOC(C)C)S(=O)(=O)C(O)C(=O)Nc1c(C)cccc1C. The fourth-order valence-corrected chi connectivity index (χ4v) is 3.62. The molecular weight excluding hydrogens is 372 g/mol. The molecule has 0 bridgehead atoms. The van der Waals surface area contributed by atoms with Crippen LogP contribution in [0.2, 0.25) is 0 Å². The number of hydrogen-bond acceptors (Lipinski definition) is 6. The van der Waals surface area contributed by atoms with Crippen LogP contribution in [-0.2, 0) is 24.4 Å². The minimum absolute atomic E-state index is 0.163. The van der Waals surface area contributed by atoms with Gasteiger partial charge in [0.2, 0.25) is 0 Å². The summed E-state index contributed by atoms with van der Waals surface area (Å²) in [5, 5.41) is 12.7. The van der Waals surface area contributed by atoms with Crippen molar-refractivity contribution in [1.82, 2.24) is 4.47 Å². The third-order valence-electron chi connectivity index (χ3n) is 4.02. The van der Waals surface area contributed by atoms with E-state index in [9.17, 15) is 18.3 Å². The Morgan fingerprint density at radius 1 is 1.22 bits per heavy atom. The molecule has 2 N–H and O–H groups in total. The van der Waals surface area contributed by atoms with Gasteiger partial charge < -0.3 is 15.2 Å². The second-order valence-corrected chi connectivity index (χ2v) is 8.46. The maximum atomic E-state index is 12.7. The highest BCUT2D eigenvalue weighted by atomic mass is 32.2. The van der Waals surface area contributed by atoms with E-state index in [2.05, 4.69) is 5.32 Å². The quantitative estimate of drug-likeness (QED) is 0.460. The van der Waals surface area contributed by atoms with Gasteiger partial charge in [-0.15, -0.1) is 0 Å². The highest BCUT2D eigenvalue weighted by Crippen LogP contribution is 2.21. The molecular formula is C18H30N2O6S. The van der Waals surface area contributed by atoms with E-state index >= 15 is 0 Å². The number of nitrogens with one attached hydrogen (secondary N) is 1. The van der Waals surface area contributed by atoms with Gasteiger partial charge in [-0.3, -0.25) is 9.63 Å². The van der Waals surface area contributed by atoms with Crippen molar-refractivity contribution in [1.29, 1.82) is 0 Å². The molecule has 0 saturated carbocycles. The lowest BCUT2D eigenvalue weighted by molar-refractivity contribution is -0.200. The van der Waals surface area contributed by atoms with Crippen LogP contribution in [0.15, 0.2) is 18.2 Å². The molecule has 0 aliphatic rings. The summed E-state index contributed by atoms with van der Waals surface area (Å²) in [5.74, 6) is -1.05. The number of hydrogen-bond donors (Lipinski definition) is 2. The molecule has 1 rings (SSSR count). The summed E-state index contributed by atoms with van der Waals surface area (Å²) in [7, 11) is -4.48. The van der Waals surface area contributed by atoms with Crippen LogP contribution in [0.3, 0.4) is 0 Å². The number of anilines is 1. The van der Waals surface area contributed by atoms with Crippen LogP contribution >= 0.6 is 0 Å². The molecule has 8 nitrogen and oxygen atoms in total. The molecule has 0 aromatic heterocycles. The summed E-state index contributed by atoms with van der Waals surface area (Å²) in [6.07, 6.45) is 0.260. The highest BCUT2D eigenvalue weighted by Gasteiger charge is 2.39. The van der Waals surface area contributed by atoms with Crippen molar-refractivity contribution < 1.29 is 27.9 Å². The number of rotatable bonds is 10. The van der Waals surface area contributed by atoms with Crippen LogP contribution in [-0.4, -0.2) is 48.3 Å². The van der Waals surface area contributed by atoms with Crippen LogP contribution in [0.4, 0.5) is 5.69 Å². The minimum Gasteiger partial charge on any atom is -0.368 e. The number of carbonyl (C=O) groups excluding carboxylic acids is 1. The number of hydroxylamine groups is 1. The number of carbonyl (C=O) groups is 1. The average Bonchev–Trinajstić information content (AvgIpc) is 2.60. The van der Waals surface area contributed by atoms with Gasteiger partial charge in [0.15, 0.2) is 6.79 Å². The first kappa shape index (κ1) is 23.5. The van der Waals surface area contributed by atoms with Crippen molar-refractivity contribution >= 4 is 21.6 Å². The molecule has 2 unspecified atom stereocenters. The van der Waals surface area contributed by atoms with E-state index in [1.54, 1.807) is 53.7 Å². The van der Waals surface area contributed by atoms with Crippen LogP contribution in [0, 0.1) is 13.8 Å². The van der Waals surface area contributed by atoms with Gasteiger partial charge in [0.1, 0.15) is 0 Å². The highest BCUT2D eigenvalue weighted by molar-refractivity contribution is 7.90. The maximum absolute atomic E-state index is 12.7. The summed E-state index contributed by atoms with van der Waals surface area (Å²) in [6, 6.07) is 4.79. The van der Waals surface area contributed by atoms with Crippen molar-refractivity contribution in [2.75, 3.05) is 12.1 Å². The Morgan fingerprint density at radius 3 is 2.26 bits per heavy atom. The van der Waals surface area contributed by atoms with Crippen LogP contribution in [0.1, 0.15) is 45.2 Å². The van der Waals surface area contributed by atoms with Crippen molar-refractivity contribution in [3.05, 3.63) is 29.3 Å². The van der Waals surface area contributed by atoms with E-state index in [-0.39, 0.29) is 12.9 Å². The van der Waals surface area contributed by atoms with E-state index in [0.717, 1.165) is 11.1 Å². The number of aryl methyl sites for hydroxylation is 2. The lowest BCUT2D eigenvalue weighted by Gasteiger charge is -2.28. The van der Waals surface area contributed by atoms with Gasteiger partial charge in [0.25, 0.3) is 21.4 Å². The predicted octanol–water partition coefficient (Wildman–Crippen LogP) is 2.30. The monoisotopic (exact) mass is 402 g/mol. The standard InChI is InChI=1S/C18H30N2O6S/c1-7-15(6)20(26-11-25-12(2)3)27(23,24)18(22)17(21)19-16-13(4)9-8-10-14(16)5/h8-10,12,15,18,22H,7,11H2,1-6H3,(H,19,21). The Kier molecular flexibility index (Phi) is 8.83. The molecule has 0 heterocycles. The Labute approximate surface area is 161 Å². The van der Waals surface area contributed by atoms with Gasteiger partial charge in [-0.1, -0.05) is 29.6 Å². The number of para-hydroxylation sites is 1. The number of nitrogens with zero attached hydrogens (tertiary/aromatic N) is 1. The summed E-state index contributed by atoms with van der Waals surface area (Å²) >= 11 is 0. The van der Waals surface area contributed by atoms with Gasteiger partial charge >= 0.3 is 0 Å². The van der Waals surface area contributed by atoms with Crippen molar-refractivity contribution in [3.8, 4) is 0 Å². The normalized spacial score (nSPS) is 14.4. The van der Waals surface area contributed by atoms with Crippen molar-refractivity contribution in [2.24, 2.45) is 0 Å². The Hall–Kier alpha value is -1.52. The lowest BCUT2D eigenvalue weighted by Crippen LogP contribution is -2.48. The van der Waals surface area contributed by atoms with Crippen LogP contribution in [0.5, 0.6) is 0 Å². The third-order valence-corrected chi connectivity index (χ3v) is 5.76. The van der Waals surface area contributed by atoms with Gasteiger partial charge in [0, 0.05) is 11.7 Å². The zero-order chi connectivity index (χ0) is 20.8. The van der Waals surface area contributed by atoms with E-state index < -0.39 is 27.4 Å². The molecule has 0 aliphatic carbocycles. The van der Waals surface area contributed by atoms with Crippen LogP contribution < -0.4 is 5.32 Å². The smallest absolute Gasteiger partial charge is 0.272 e. The summed E-state index contributed by atoms with van der Waals surface area (Å²) in [6.45, 7) is 10.2. The topological polar surface area (TPSA) is 105 Å². The molecule has 0 saturated heterocycles. The van der Waals surface area contributed by atoms with Crippen molar-refractivity contribution in [3.63, 3.8) is 0 Å². The Balaban J connectivity index is 3.01. The Morgan fingerprint density at radius 2 is 1.78 bits per heavy atom. The fraction of sp³-hybridized carbons (Fsp3) is 0.611. The summed E-state index contributed by atoms with van der Waals surface area (Å²) in [4.78, 5) is 17.6. The van der Waals surface area contributed by atoms with E-state index in [4.69, 9.17) is 9.57 Å².